The van der Waals surface area contributed by atoms with Crippen molar-refractivity contribution in [1.29, 1.82) is 0 Å². The lowest BCUT2D eigenvalue weighted by Crippen LogP contribution is -2.35. The zero-order valence-electron chi connectivity index (χ0n) is 13.6. The Hall–Kier alpha value is -1.89. The molecule has 6 nitrogen and oxygen atoms in total. The number of rotatable bonds is 4. The molecule has 1 aromatic carbocycles. The van der Waals surface area contributed by atoms with Crippen LogP contribution in [-0.4, -0.2) is 26.2 Å². The molecule has 130 valence electrons. The first-order chi connectivity index (χ1) is 11.5. The number of fused-ring (bicyclic) bond motifs is 1. The fourth-order valence-electron chi connectivity index (χ4n) is 3.23. The van der Waals surface area contributed by atoms with Gasteiger partial charge >= 0.3 is 0 Å². The third-order valence-corrected chi connectivity index (χ3v) is 5.86. The summed E-state index contributed by atoms with van der Waals surface area (Å²) >= 11 is 0. The predicted molar refractivity (Wildman–Crippen MR) is 93.6 cm³/mol. The Morgan fingerprint density at radius 2 is 1.88 bits per heavy atom. The molecule has 7 heteroatoms. The van der Waals surface area contributed by atoms with Gasteiger partial charge in [-0.3, -0.25) is 4.79 Å². The second-order valence-corrected chi connectivity index (χ2v) is 7.96. The average molecular weight is 349 g/mol. The minimum atomic E-state index is -3.68. The maximum absolute atomic E-state index is 12.2. The van der Waals surface area contributed by atoms with E-state index in [2.05, 4.69) is 15.0 Å². The van der Waals surface area contributed by atoms with E-state index in [9.17, 15) is 13.2 Å². The number of carbonyl (C=O) groups is 1. The van der Waals surface area contributed by atoms with Crippen molar-refractivity contribution in [3.05, 3.63) is 24.3 Å². The van der Waals surface area contributed by atoms with Crippen LogP contribution in [0.2, 0.25) is 0 Å². The Kier molecular flexibility index (Phi) is 5.18. The maximum Gasteiger partial charge on any atom is 0.286 e. The largest absolute Gasteiger partial charge is 0.353 e. The molecule has 0 atom stereocenters. The second-order valence-electron chi connectivity index (χ2n) is 6.39. The molecule has 1 aliphatic heterocycles. The smallest absolute Gasteiger partial charge is 0.286 e. The van der Waals surface area contributed by atoms with Crippen LogP contribution in [0.5, 0.6) is 0 Å². The highest BCUT2D eigenvalue weighted by Gasteiger charge is 2.24. The Morgan fingerprint density at radius 3 is 2.62 bits per heavy atom. The Labute approximate surface area is 142 Å². The van der Waals surface area contributed by atoms with Gasteiger partial charge < -0.3 is 10.6 Å². The normalized spacial score (nSPS) is 20.2. The monoisotopic (exact) mass is 349 g/mol. The lowest BCUT2D eigenvalue weighted by molar-refractivity contribution is -0.121. The number of nitrogens with zero attached hydrogens (tertiary/aromatic N) is 1. The van der Waals surface area contributed by atoms with Gasteiger partial charge in [-0.2, -0.15) is 8.42 Å². The SMILES string of the molecule is O=C(CCC1=NS(=O)(=O)c2ccccc2N1)NC1CCCCCC1. The number of hydrogen-bond donors (Lipinski definition) is 2. The topological polar surface area (TPSA) is 87.6 Å². The van der Waals surface area contributed by atoms with Crippen molar-refractivity contribution in [3.8, 4) is 0 Å². The lowest BCUT2D eigenvalue weighted by Gasteiger charge is -2.19. The van der Waals surface area contributed by atoms with Crippen molar-refractivity contribution < 1.29 is 13.2 Å². The van der Waals surface area contributed by atoms with Crippen molar-refractivity contribution in [2.75, 3.05) is 5.32 Å². The standard InChI is InChI=1S/C17H23N3O3S/c21-17(18-13-7-3-1-2-4-8-13)12-11-16-19-14-9-5-6-10-15(14)24(22,23)20-16/h5-6,9-10,13H,1-4,7-8,11-12H2,(H,18,21)(H,19,20). The minimum absolute atomic E-state index is 0.0392. The number of amides is 1. The zero-order chi connectivity index (χ0) is 17.0. The quantitative estimate of drug-likeness (QED) is 0.818. The Bertz CT molecular complexity index is 735. The first-order valence-corrected chi connectivity index (χ1v) is 9.98. The molecule has 2 aliphatic rings. The van der Waals surface area contributed by atoms with Crippen LogP contribution in [0.3, 0.4) is 0 Å². The summed E-state index contributed by atoms with van der Waals surface area (Å²) in [6.45, 7) is 0. The summed E-state index contributed by atoms with van der Waals surface area (Å²) in [5, 5.41) is 6.08. The fourth-order valence-corrected chi connectivity index (χ4v) is 4.40. The zero-order valence-corrected chi connectivity index (χ0v) is 14.4. The van der Waals surface area contributed by atoms with Crippen LogP contribution >= 0.6 is 0 Å². The van der Waals surface area contributed by atoms with Gasteiger partial charge in [-0.25, -0.2) is 0 Å². The van der Waals surface area contributed by atoms with E-state index in [0.717, 1.165) is 25.7 Å². The number of sulfonamides is 1. The Morgan fingerprint density at radius 1 is 1.17 bits per heavy atom. The third kappa shape index (κ3) is 4.14. The number of nitrogens with one attached hydrogen (secondary N) is 2. The van der Waals surface area contributed by atoms with Crippen molar-refractivity contribution in [1.82, 2.24) is 5.32 Å². The highest BCUT2D eigenvalue weighted by Crippen LogP contribution is 2.27. The number of para-hydroxylation sites is 1. The predicted octanol–water partition coefficient (Wildman–Crippen LogP) is 2.82. The number of carbonyl (C=O) groups excluding carboxylic acids is 1. The summed E-state index contributed by atoms with van der Waals surface area (Å²) in [4.78, 5) is 12.3. The molecule has 1 aliphatic carbocycles. The van der Waals surface area contributed by atoms with Crippen LogP contribution < -0.4 is 10.6 Å². The van der Waals surface area contributed by atoms with E-state index in [4.69, 9.17) is 0 Å². The number of benzene rings is 1. The van der Waals surface area contributed by atoms with Gasteiger partial charge in [0.05, 0.1) is 5.69 Å². The van der Waals surface area contributed by atoms with E-state index in [1.807, 2.05) is 0 Å². The van der Waals surface area contributed by atoms with Gasteiger partial charge in [-0.15, -0.1) is 4.40 Å². The Balaban J connectivity index is 1.57. The molecular weight excluding hydrogens is 326 g/mol. The minimum Gasteiger partial charge on any atom is -0.353 e. The van der Waals surface area contributed by atoms with Crippen molar-refractivity contribution in [2.45, 2.75) is 62.3 Å². The van der Waals surface area contributed by atoms with E-state index in [1.54, 1.807) is 18.2 Å². The molecule has 1 fully saturated rings. The first kappa shape index (κ1) is 17.0. The molecule has 0 radical (unpaired) electrons. The van der Waals surface area contributed by atoms with Crippen molar-refractivity contribution in [2.24, 2.45) is 4.40 Å². The van der Waals surface area contributed by atoms with Gasteiger partial charge in [-0.05, 0) is 25.0 Å². The summed E-state index contributed by atoms with van der Waals surface area (Å²) in [6, 6.07) is 6.91. The number of hydrogen-bond acceptors (Lipinski definition) is 4. The maximum atomic E-state index is 12.2. The highest BCUT2D eigenvalue weighted by atomic mass is 32.2. The molecule has 1 heterocycles. The molecule has 0 unspecified atom stereocenters. The molecule has 1 amide bonds. The van der Waals surface area contributed by atoms with Crippen LogP contribution in [0.1, 0.15) is 51.4 Å². The molecule has 1 saturated carbocycles. The summed E-state index contributed by atoms with van der Waals surface area (Å²) in [5.74, 6) is 0.285. The second kappa shape index (κ2) is 7.34. The number of anilines is 1. The third-order valence-electron chi connectivity index (χ3n) is 4.48. The molecule has 2 N–H and O–H groups in total. The molecule has 1 aromatic rings. The van der Waals surface area contributed by atoms with E-state index >= 15 is 0 Å². The van der Waals surface area contributed by atoms with Gasteiger partial charge in [0.1, 0.15) is 10.7 Å². The molecule has 0 bridgehead atoms. The average Bonchev–Trinajstić information content (AvgIpc) is 2.81. The van der Waals surface area contributed by atoms with Gasteiger partial charge in [0.25, 0.3) is 10.0 Å². The molecule has 0 aromatic heterocycles. The van der Waals surface area contributed by atoms with Gasteiger partial charge in [-0.1, -0.05) is 37.8 Å². The summed E-state index contributed by atoms with van der Waals surface area (Å²) in [5.41, 5.74) is 0.520. The highest BCUT2D eigenvalue weighted by molar-refractivity contribution is 7.90. The first-order valence-electron chi connectivity index (χ1n) is 8.54. The molecule has 0 spiro atoms. The fraction of sp³-hybridized carbons (Fsp3) is 0.529. The number of amidine groups is 1. The summed E-state index contributed by atoms with van der Waals surface area (Å²) in [7, 11) is -3.68. The van der Waals surface area contributed by atoms with Crippen LogP contribution in [0.4, 0.5) is 5.69 Å². The molecular formula is C17H23N3O3S. The van der Waals surface area contributed by atoms with E-state index in [-0.39, 0.29) is 29.7 Å². The van der Waals surface area contributed by atoms with Gasteiger partial charge in [0.2, 0.25) is 5.91 Å². The van der Waals surface area contributed by atoms with E-state index < -0.39 is 10.0 Å². The van der Waals surface area contributed by atoms with E-state index in [0.29, 0.717) is 11.5 Å². The van der Waals surface area contributed by atoms with E-state index in [1.165, 1.54) is 18.9 Å². The van der Waals surface area contributed by atoms with Gasteiger partial charge in [0.15, 0.2) is 0 Å². The van der Waals surface area contributed by atoms with Crippen LogP contribution in [0.15, 0.2) is 33.6 Å². The van der Waals surface area contributed by atoms with Crippen molar-refractivity contribution in [3.63, 3.8) is 0 Å². The lowest BCUT2D eigenvalue weighted by atomic mass is 10.1. The summed E-state index contributed by atoms with van der Waals surface area (Å²) < 4.78 is 28.1. The van der Waals surface area contributed by atoms with Gasteiger partial charge in [0, 0.05) is 18.9 Å². The van der Waals surface area contributed by atoms with Crippen LogP contribution in [0.25, 0.3) is 0 Å². The molecule has 24 heavy (non-hydrogen) atoms. The molecule has 3 rings (SSSR count). The van der Waals surface area contributed by atoms with Crippen LogP contribution in [-0.2, 0) is 14.8 Å². The van der Waals surface area contributed by atoms with Crippen LogP contribution in [0, 0.1) is 0 Å². The van der Waals surface area contributed by atoms with Crippen molar-refractivity contribution >= 4 is 27.5 Å². The molecule has 0 saturated heterocycles. The summed E-state index contributed by atoms with van der Waals surface area (Å²) in [6.07, 6.45) is 7.39.